The number of rotatable bonds is 7. The number of piperidine rings is 1. The van der Waals surface area contributed by atoms with E-state index in [1.54, 1.807) is 11.1 Å². The van der Waals surface area contributed by atoms with Gasteiger partial charge in [-0.3, -0.25) is 0 Å². The van der Waals surface area contributed by atoms with Crippen LogP contribution in [0.4, 0.5) is 16.2 Å². The summed E-state index contributed by atoms with van der Waals surface area (Å²) < 4.78 is 14.9. The molecule has 1 aliphatic heterocycles. The Hall–Kier alpha value is -3.05. The van der Waals surface area contributed by atoms with Crippen molar-refractivity contribution < 1.29 is 14.0 Å². The van der Waals surface area contributed by atoms with Crippen LogP contribution in [-0.2, 0) is 11.2 Å². The maximum Gasteiger partial charge on any atom is 0.410 e. The molecule has 43 heavy (non-hydrogen) atoms. The zero-order chi connectivity index (χ0) is 31.7. The third-order valence-corrected chi connectivity index (χ3v) is 13.0. The molecule has 0 radical (unpaired) electrons. The highest BCUT2D eigenvalue weighted by molar-refractivity contribution is 9.10. The fraction of sp³-hybridized carbons (Fsp3) is 0.531. The van der Waals surface area contributed by atoms with Crippen molar-refractivity contribution in [3.63, 3.8) is 0 Å². The largest absolute Gasteiger partial charge is 0.543 e. The van der Waals surface area contributed by atoms with Gasteiger partial charge < -0.3 is 25.1 Å². The number of carbonyl (C=O) groups is 1. The molecule has 1 saturated heterocycles. The molecule has 0 unspecified atom stereocenters. The van der Waals surface area contributed by atoms with E-state index in [1.807, 2.05) is 49.7 Å². The van der Waals surface area contributed by atoms with Gasteiger partial charge in [-0.2, -0.15) is 5.10 Å². The van der Waals surface area contributed by atoms with Gasteiger partial charge in [-0.25, -0.2) is 14.3 Å². The van der Waals surface area contributed by atoms with Gasteiger partial charge in [0, 0.05) is 29.8 Å². The lowest BCUT2D eigenvalue weighted by Gasteiger charge is -2.36. The van der Waals surface area contributed by atoms with Gasteiger partial charge in [0.2, 0.25) is 8.32 Å². The molecular formula is C32H47BrN6O3Si. The van der Waals surface area contributed by atoms with Crippen LogP contribution in [-0.4, -0.2) is 59.5 Å². The van der Waals surface area contributed by atoms with Crippen LogP contribution in [0.5, 0.6) is 5.75 Å². The average molecular weight is 672 g/mol. The summed E-state index contributed by atoms with van der Waals surface area (Å²) in [5.41, 5.74) is 10.6. The van der Waals surface area contributed by atoms with E-state index >= 15 is 0 Å². The number of nitrogens with zero attached hydrogens (tertiary/aromatic N) is 4. The molecule has 0 bridgehead atoms. The average Bonchev–Trinajstić information content (AvgIpc) is 3.29. The Bertz CT molecular complexity index is 1500. The first kappa shape index (κ1) is 32.9. The van der Waals surface area contributed by atoms with E-state index in [-0.39, 0.29) is 17.2 Å². The number of hydrogen-bond donors (Lipinski definition) is 2. The number of benzene rings is 1. The van der Waals surface area contributed by atoms with Crippen molar-refractivity contribution in [3.05, 3.63) is 52.3 Å². The van der Waals surface area contributed by atoms with E-state index in [0.717, 1.165) is 57.5 Å². The lowest BCUT2D eigenvalue weighted by molar-refractivity contribution is 0.0210. The van der Waals surface area contributed by atoms with Gasteiger partial charge in [0.1, 0.15) is 17.2 Å². The highest BCUT2D eigenvalue weighted by atomic mass is 79.9. The molecule has 9 nitrogen and oxygen atoms in total. The second kappa shape index (κ2) is 12.5. The minimum Gasteiger partial charge on any atom is -0.543 e. The number of halogens is 1. The minimum atomic E-state index is -1.97. The summed E-state index contributed by atoms with van der Waals surface area (Å²) in [6, 6.07) is 8.24. The summed E-state index contributed by atoms with van der Waals surface area (Å²) >= 11 is 3.59. The molecule has 3 aromatic rings. The van der Waals surface area contributed by atoms with Crippen LogP contribution in [0.25, 0.3) is 5.52 Å². The second-order valence-corrected chi connectivity index (χ2v) is 19.5. The first-order valence-corrected chi connectivity index (χ1v) is 18.8. The summed E-state index contributed by atoms with van der Waals surface area (Å²) in [7, 11) is -1.97. The van der Waals surface area contributed by atoms with Crippen molar-refractivity contribution in [2.24, 2.45) is 10.7 Å². The summed E-state index contributed by atoms with van der Waals surface area (Å²) in [5, 5.41) is 8.44. The lowest BCUT2D eigenvalue weighted by atomic mass is 10.0. The SMILES string of the molecule is CCc1cc(O[Si](C)(C)C(C)(C)C)ccc1N=C(N)c1cnn2cc(Br)cc2c1NC1CCN(C(=O)OC(C)(C)C)CC1. The van der Waals surface area contributed by atoms with E-state index in [1.165, 1.54) is 0 Å². The summed E-state index contributed by atoms with van der Waals surface area (Å²) in [6.07, 6.45) is 5.77. The van der Waals surface area contributed by atoms with Crippen LogP contribution in [0.1, 0.15) is 72.4 Å². The van der Waals surface area contributed by atoms with Gasteiger partial charge in [0.25, 0.3) is 0 Å². The number of hydrogen-bond acceptors (Lipinski definition) is 6. The molecule has 0 aliphatic carbocycles. The number of nitrogens with two attached hydrogens (primary N) is 1. The molecule has 234 valence electrons. The van der Waals surface area contributed by atoms with E-state index in [9.17, 15) is 4.79 Å². The molecule has 4 rings (SSSR count). The van der Waals surface area contributed by atoms with Gasteiger partial charge >= 0.3 is 6.09 Å². The Balaban J connectivity index is 1.60. The highest BCUT2D eigenvalue weighted by Gasteiger charge is 2.39. The molecular weight excluding hydrogens is 624 g/mol. The Labute approximate surface area is 265 Å². The highest BCUT2D eigenvalue weighted by Crippen LogP contribution is 2.38. The van der Waals surface area contributed by atoms with Gasteiger partial charge in [-0.05, 0) is 104 Å². The van der Waals surface area contributed by atoms with E-state index in [0.29, 0.717) is 18.9 Å². The Morgan fingerprint density at radius 1 is 1.16 bits per heavy atom. The predicted molar refractivity (Wildman–Crippen MR) is 181 cm³/mol. The molecule has 0 spiro atoms. The molecule has 0 saturated carbocycles. The van der Waals surface area contributed by atoms with Crippen LogP contribution in [0.3, 0.4) is 0 Å². The van der Waals surface area contributed by atoms with E-state index in [4.69, 9.17) is 19.9 Å². The number of nitrogens with one attached hydrogen (secondary N) is 1. The number of ether oxygens (including phenoxy) is 1. The third kappa shape index (κ3) is 7.92. The number of fused-ring (bicyclic) bond motifs is 1. The molecule has 3 heterocycles. The fourth-order valence-electron chi connectivity index (χ4n) is 4.76. The summed E-state index contributed by atoms with van der Waals surface area (Å²) in [5.74, 6) is 1.26. The molecule has 3 N–H and O–H groups in total. The van der Waals surface area contributed by atoms with E-state index in [2.05, 4.69) is 73.2 Å². The molecule has 11 heteroatoms. The number of amidine groups is 1. The maximum atomic E-state index is 12.6. The summed E-state index contributed by atoms with van der Waals surface area (Å²) in [6.45, 7) is 20.2. The molecule has 1 fully saturated rings. The van der Waals surface area contributed by atoms with Gasteiger partial charge in [0.05, 0.1) is 28.7 Å². The third-order valence-electron chi connectivity index (χ3n) is 8.23. The van der Waals surface area contributed by atoms with Crippen LogP contribution < -0.4 is 15.5 Å². The van der Waals surface area contributed by atoms with Crippen molar-refractivity contribution in [3.8, 4) is 5.75 Å². The number of aryl methyl sites for hydroxylation is 1. The smallest absolute Gasteiger partial charge is 0.410 e. The first-order valence-electron chi connectivity index (χ1n) is 15.1. The van der Waals surface area contributed by atoms with Crippen molar-refractivity contribution in [2.45, 2.75) is 97.5 Å². The van der Waals surface area contributed by atoms with Crippen molar-refractivity contribution in [2.75, 3.05) is 18.4 Å². The molecule has 2 aromatic heterocycles. The van der Waals surface area contributed by atoms with Crippen LogP contribution in [0.15, 0.2) is 46.1 Å². The zero-order valence-electron chi connectivity index (χ0n) is 27.0. The quantitative estimate of drug-likeness (QED) is 0.150. The molecule has 1 aliphatic rings. The Morgan fingerprint density at radius 2 is 1.84 bits per heavy atom. The summed E-state index contributed by atoms with van der Waals surface area (Å²) in [4.78, 5) is 19.3. The fourth-order valence-corrected chi connectivity index (χ4v) is 6.20. The van der Waals surface area contributed by atoms with E-state index < -0.39 is 13.9 Å². The number of anilines is 1. The first-order chi connectivity index (χ1) is 20.0. The zero-order valence-corrected chi connectivity index (χ0v) is 29.6. The lowest BCUT2D eigenvalue weighted by Crippen LogP contribution is -2.44. The Morgan fingerprint density at radius 3 is 2.44 bits per heavy atom. The van der Waals surface area contributed by atoms with Gasteiger partial charge in [-0.15, -0.1) is 0 Å². The van der Waals surface area contributed by atoms with Gasteiger partial charge in [0.15, 0.2) is 0 Å². The predicted octanol–water partition coefficient (Wildman–Crippen LogP) is 7.89. The minimum absolute atomic E-state index is 0.107. The standard InChI is InChI=1S/C32H47BrN6O3Si/c1-10-21-17-24(42-43(8,9)32(5,6)7)11-12-26(21)37-29(34)25-19-35-39-20-22(33)18-27(39)28(25)36-23-13-15-38(16-14-23)30(40)41-31(2,3)4/h11-12,17-20,23,36H,10,13-16H2,1-9H3,(H2,34,37). The topological polar surface area (TPSA) is 106 Å². The van der Waals surface area contributed by atoms with Crippen LogP contribution in [0.2, 0.25) is 18.1 Å². The molecule has 0 atom stereocenters. The molecule has 1 amide bonds. The number of aromatic nitrogens is 2. The van der Waals surface area contributed by atoms with Crippen LogP contribution in [0, 0.1) is 0 Å². The normalized spacial score (nSPS) is 15.6. The number of likely N-dealkylation sites (tertiary alicyclic amines) is 1. The van der Waals surface area contributed by atoms with Gasteiger partial charge in [-0.1, -0.05) is 27.7 Å². The number of aliphatic imine (C=N–C) groups is 1. The second-order valence-electron chi connectivity index (χ2n) is 13.8. The van der Waals surface area contributed by atoms with Crippen molar-refractivity contribution in [1.29, 1.82) is 0 Å². The van der Waals surface area contributed by atoms with Crippen molar-refractivity contribution >= 4 is 53.1 Å². The number of carbonyl (C=O) groups excluding carboxylic acids is 1. The van der Waals surface area contributed by atoms with Crippen molar-refractivity contribution in [1.82, 2.24) is 14.5 Å². The molecule has 1 aromatic carbocycles. The monoisotopic (exact) mass is 670 g/mol. The number of amides is 1. The maximum absolute atomic E-state index is 12.6. The Kier molecular flexibility index (Phi) is 9.56. The van der Waals surface area contributed by atoms with Crippen LogP contribution >= 0.6 is 15.9 Å².